The number of piperazine rings is 1. The summed E-state index contributed by atoms with van der Waals surface area (Å²) in [5.41, 5.74) is 1.29. The number of nitrogens with zero attached hydrogens (tertiary/aromatic N) is 2. The van der Waals surface area contributed by atoms with Crippen molar-refractivity contribution < 1.29 is 36.7 Å². The van der Waals surface area contributed by atoms with Crippen LogP contribution in [-0.4, -0.2) is 59.2 Å². The molecule has 0 bridgehead atoms. The van der Waals surface area contributed by atoms with Crippen LogP contribution in [0.25, 0.3) is 11.5 Å². The van der Waals surface area contributed by atoms with Gasteiger partial charge < -0.3 is 19.7 Å². The second kappa shape index (κ2) is 9.31. The topological polar surface area (TPSA) is 95.7 Å². The molecular formula is C17H17F4N3O4. The molecule has 1 aliphatic heterocycles. The first-order valence-electron chi connectivity index (χ1n) is 8.16. The maximum absolute atomic E-state index is 12.9. The number of carbonyl (C=O) groups is 2. The molecule has 152 valence electrons. The lowest BCUT2D eigenvalue weighted by Gasteiger charge is -2.27. The highest BCUT2D eigenvalue weighted by atomic mass is 19.4. The van der Waals surface area contributed by atoms with Crippen LogP contribution in [0.2, 0.25) is 0 Å². The number of halogens is 4. The number of benzene rings is 1. The Balaban J connectivity index is 0.000000345. The molecule has 1 fully saturated rings. The Morgan fingerprint density at radius 3 is 2.29 bits per heavy atom. The number of oxazole rings is 1. The number of alkyl halides is 3. The lowest BCUT2D eigenvalue weighted by Crippen LogP contribution is -2.46. The number of rotatable bonds is 3. The lowest BCUT2D eigenvalue weighted by molar-refractivity contribution is -0.192. The van der Waals surface area contributed by atoms with Crippen LogP contribution in [0, 0.1) is 5.82 Å². The van der Waals surface area contributed by atoms with Crippen molar-refractivity contribution in [1.29, 1.82) is 0 Å². The zero-order valence-corrected chi connectivity index (χ0v) is 14.5. The molecule has 3 rings (SSSR count). The molecule has 0 atom stereocenters. The minimum Gasteiger partial charge on any atom is -0.475 e. The van der Waals surface area contributed by atoms with Gasteiger partial charge in [0.05, 0.1) is 12.1 Å². The molecule has 1 amide bonds. The van der Waals surface area contributed by atoms with Crippen LogP contribution >= 0.6 is 0 Å². The second-order valence-electron chi connectivity index (χ2n) is 5.76. The molecule has 0 spiro atoms. The van der Waals surface area contributed by atoms with Gasteiger partial charge in [-0.05, 0) is 24.3 Å². The van der Waals surface area contributed by atoms with E-state index in [2.05, 4.69) is 10.3 Å². The van der Waals surface area contributed by atoms with E-state index in [0.29, 0.717) is 17.1 Å². The third-order valence-corrected chi connectivity index (χ3v) is 3.69. The van der Waals surface area contributed by atoms with Crippen molar-refractivity contribution in [2.24, 2.45) is 0 Å². The van der Waals surface area contributed by atoms with Gasteiger partial charge in [-0.25, -0.2) is 14.2 Å². The van der Waals surface area contributed by atoms with Gasteiger partial charge in [0, 0.05) is 31.7 Å². The van der Waals surface area contributed by atoms with E-state index < -0.39 is 12.1 Å². The average molecular weight is 403 g/mol. The van der Waals surface area contributed by atoms with E-state index in [0.717, 1.165) is 26.2 Å². The Hall–Kier alpha value is -2.95. The van der Waals surface area contributed by atoms with E-state index in [9.17, 15) is 22.4 Å². The van der Waals surface area contributed by atoms with E-state index in [4.69, 9.17) is 14.3 Å². The quantitative estimate of drug-likeness (QED) is 0.762. The highest BCUT2D eigenvalue weighted by molar-refractivity contribution is 5.78. The van der Waals surface area contributed by atoms with Gasteiger partial charge in [-0.3, -0.25) is 4.79 Å². The third-order valence-electron chi connectivity index (χ3n) is 3.69. The fourth-order valence-electron chi connectivity index (χ4n) is 2.29. The first kappa shape index (κ1) is 21.4. The summed E-state index contributed by atoms with van der Waals surface area (Å²) in [5.74, 6) is -2.61. The normalized spacial score (nSPS) is 14.2. The predicted octanol–water partition coefficient (Wildman–Crippen LogP) is 2.09. The Labute approximate surface area is 157 Å². The molecular weight excluding hydrogens is 386 g/mol. The van der Waals surface area contributed by atoms with E-state index in [-0.39, 0.29) is 18.1 Å². The zero-order chi connectivity index (χ0) is 20.7. The molecule has 0 unspecified atom stereocenters. The van der Waals surface area contributed by atoms with Crippen LogP contribution in [0.3, 0.4) is 0 Å². The first-order valence-corrected chi connectivity index (χ1v) is 8.16. The summed E-state index contributed by atoms with van der Waals surface area (Å²) in [5, 5.41) is 10.3. The van der Waals surface area contributed by atoms with Crippen molar-refractivity contribution in [1.82, 2.24) is 15.2 Å². The van der Waals surface area contributed by atoms with Crippen molar-refractivity contribution in [2.45, 2.75) is 12.6 Å². The standard InChI is InChI=1S/C15H16FN3O2.C2HF3O2/c16-12-3-1-11(2-4-12)15-18-13(10-21-15)9-14(20)19-7-5-17-6-8-19;3-2(4,5)1(6)7/h1-4,10,17H,5-9H2;(H,6,7). The Bertz CT molecular complexity index is 799. The van der Waals surface area contributed by atoms with E-state index in [1.807, 2.05) is 4.90 Å². The molecule has 28 heavy (non-hydrogen) atoms. The van der Waals surface area contributed by atoms with Crippen molar-refractivity contribution in [3.63, 3.8) is 0 Å². The second-order valence-corrected chi connectivity index (χ2v) is 5.76. The van der Waals surface area contributed by atoms with Gasteiger partial charge in [-0.2, -0.15) is 13.2 Å². The molecule has 0 aliphatic carbocycles. The third kappa shape index (κ3) is 6.34. The summed E-state index contributed by atoms with van der Waals surface area (Å²) in [7, 11) is 0. The monoisotopic (exact) mass is 403 g/mol. The minimum atomic E-state index is -5.08. The van der Waals surface area contributed by atoms with Crippen LogP contribution in [0.1, 0.15) is 5.69 Å². The predicted molar refractivity (Wildman–Crippen MR) is 88.7 cm³/mol. The van der Waals surface area contributed by atoms with Crippen LogP contribution < -0.4 is 5.32 Å². The summed E-state index contributed by atoms with van der Waals surface area (Å²) in [6, 6.07) is 5.91. The van der Waals surface area contributed by atoms with Gasteiger partial charge in [0.25, 0.3) is 0 Å². The van der Waals surface area contributed by atoms with Crippen molar-refractivity contribution in [3.05, 3.63) is 42.0 Å². The molecule has 11 heteroatoms. The van der Waals surface area contributed by atoms with Crippen LogP contribution in [-0.2, 0) is 16.0 Å². The molecule has 7 nitrogen and oxygen atoms in total. The largest absolute Gasteiger partial charge is 0.490 e. The summed E-state index contributed by atoms with van der Waals surface area (Å²) < 4.78 is 50.0. The fourth-order valence-corrected chi connectivity index (χ4v) is 2.29. The van der Waals surface area contributed by atoms with Gasteiger partial charge in [0.15, 0.2) is 0 Å². The summed E-state index contributed by atoms with van der Waals surface area (Å²) >= 11 is 0. The number of carbonyl (C=O) groups excluding carboxylic acids is 1. The first-order chi connectivity index (χ1) is 13.2. The minimum absolute atomic E-state index is 0.0513. The van der Waals surface area contributed by atoms with Gasteiger partial charge in [-0.15, -0.1) is 0 Å². The molecule has 2 heterocycles. The number of carboxylic acids is 1. The molecule has 0 radical (unpaired) electrons. The molecule has 1 aromatic carbocycles. The molecule has 2 N–H and O–H groups in total. The van der Waals surface area contributed by atoms with Crippen molar-refractivity contribution >= 4 is 11.9 Å². The SMILES string of the molecule is O=C(Cc1coc(-c2ccc(F)cc2)n1)N1CCNCC1.O=C(O)C(F)(F)F. The van der Waals surface area contributed by atoms with Crippen molar-refractivity contribution in [2.75, 3.05) is 26.2 Å². The maximum Gasteiger partial charge on any atom is 0.490 e. The summed E-state index contributed by atoms with van der Waals surface area (Å²) in [6.45, 7) is 3.10. The van der Waals surface area contributed by atoms with Crippen LogP contribution in [0.5, 0.6) is 0 Å². The number of aromatic nitrogens is 1. The number of hydrogen-bond donors (Lipinski definition) is 2. The molecule has 1 saturated heterocycles. The molecule has 1 aliphatic rings. The van der Waals surface area contributed by atoms with Gasteiger partial charge in [-0.1, -0.05) is 0 Å². The Kier molecular flexibility index (Phi) is 7.10. The highest BCUT2D eigenvalue weighted by Gasteiger charge is 2.38. The maximum atomic E-state index is 12.9. The average Bonchev–Trinajstić information content (AvgIpc) is 3.11. The summed E-state index contributed by atoms with van der Waals surface area (Å²) in [6.07, 6.45) is -3.37. The fraction of sp³-hybridized carbons (Fsp3) is 0.353. The Morgan fingerprint density at radius 2 is 1.75 bits per heavy atom. The smallest absolute Gasteiger partial charge is 0.475 e. The molecule has 2 aromatic rings. The number of nitrogens with one attached hydrogen (secondary N) is 1. The zero-order valence-electron chi connectivity index (χ0n) is 14.5. The van der Waals surface area contributed by atoms with Crippen LogP contribution in [0.4, 0.5) is 17.6 Å². The van der Waals surface area contributed by atoms with E-state index in [1.54, 1.807) is 12.1 Å². The highest BCUT2D eigenvalue weighted by Crippen LogP contribution is 2.19. The van der Waals surface area contributed by atoms with E-state index >= 15 is 0 Å². The van der Waals surface area contributed by atoms with Crippen molar-refractivity contribution in [3.8, 4) is 11.5 Å². The van der Waals surface area contributed by atoms with E-state index in [1.165, 1.54) is 18.4 Å². The lowest BCUT2D eigenvalue weighted by atomic mass is 10.2. The van der Waals surface area contributed by atoms with Gasteiger partial charge in [0.1, 0.15) is 12.1 Å². The van der Waals surface area contributed by atoms with Gasteiger partial charge >= 0.3 is 12.1 Å². The number of hydrogen-bond acceptors (Lipinski definition) is 5. The summed E-state index contributed by atoms with van der Waals surface area (Å²) in [4.78, 5) is 27.1. The molecule has 0 saturated carbocycles. The molecule has 1 aromatic heterocycles. The number of carboxylic acid groups (broad SMARTS) is 1. The Morgan fingerprint density at radius 1 is 1.18 bits per heavy atom. The number of amides is 1. The van der Waals surface area contributed by atoms with Crippen LogP contribution in [0.15, 0.2) is 34.9 Å². The van der Waals surface area contributed by atoms with Gasteiger partial charge in [0.2, 0.25) is 11.8 Å². The number of aliphatic carboxylic acids is 1.